The van der Waals surface area contributed by atoms with E-state index in [9.17, 15) is 8.78 Å². The molecular formula is C10H9ClF2N2. The van der Waals surface area contributed by atoms with Crippen molar-refractivity contribution < 1.29 is 8.78 Å². The van der Waals surface area contributed by atoms with Crippen LogP contribution >= 0.6 is 11.6 Å². The van der Waals surface area contributed by atoms with Crippen molar-refractivity contribution in [2.24, 2.45) is 0 Å². The number of nitrogens with zero attached hydrogens (tertiary/aromatic N) is 2. The minimum atomic E-state index is -0.522. The fraction of sp³-hybridized carbons (Fsp3) is 0.300. The Hall–Kier alpha value is -1.16. The van der Waals surface area contributed by atoms with Crippen molar-refractivity contribution in [3.05, 3.63) is 29.8 Å². The molecule has 0 amide bonds. The number of aromatic nitrogens is 2. The molecule has 0 aliphatic heterocycles. The van der Waals surface area contributed by atoms with E-state index < -0.39 is 6.67 Å². The summed E-state index contributed by atoms with van der Waals surface area (Å²) in [6.07, 6.45) is 0. The highest BCUT2D eigenvalue weighted by atomic mass is 35.5. The highest BCUT2D eigenvalue weighted by Crippen LogP contribution is 2.18. The Morgan fingerprint density at radius 1 is 1.40 bits per heavy atom. The number of rotatable bonds is 3. The van der Waals surface area contributed by atoms with E-state index in [-0.39, 0.29) is 18.2 Å². The second kappa shape index (κ2) is 4.14. The molecule has 2 aromatic rings. The second-order valence-electron chi connectivity index (χ2n) is 3.14. The molecule has 80 valence electrons. The molecule has 0 spiro atoms. The maximum Gasteiger partial charge on any atom is 0.125 e. The molecule has 2 nitrogen and oxygen atoms in total. The van der Waals surface area contributed by atoms with E-state index >= 15 is 0 Å². The van der Waals surface area contributed by atoms with Crippen LogP contribution < -0.4 is 0 Å². The van der Waals surface area contributed by atoms with Crippen LogP contribution in [0.4, 0.5) is 8.78 Å². The number of aryl methyl sites for hydroxylation is 1. The van der Waals surface area contributed by atoms with E-state index in [2.05, 4.69) is 4.98 Å². The van der Waals surface area contributed by atoms with Crippen LogP contribution in [-0.2, 0) is 12.4 Å². The van der Waals surface area contributed by atoms with E-state index in [4.69, 9.17) is 11.6 Å². The van der Waals surface area contributed by atoms with Gasteiger partial charge in [-0.2, -0.15) is 0 Å². The van der Waals surface area contributed by atoms with Crippen molar-refractivity contribution in [2.75, 3.05) is 6.67 Å². The van der Waals surface area contributed by atoms with Crippen LogP contribution in [-0.4, -0.2) is 16.2 Å². The third kappa shape index (κ3) is 1.81. The Morgan fingerprint density at radius 3 is 2.87 bits per heavy atom. The van der Waals surface area contributed by atoms with Crippen molar-refractivity contribution in [1.82, 2.24) is 9.55 Å². The Kier molecular flexibility index (Phi) is 2.86. The fourth-order valence-corrected chi connectivity index (χ4v) is 1.79. The fourth-order valence-electron chi connectivity index (χ4n) is 1.58. The zero-order chi connectivity index (χ0) is 10.8. The molecule has 0 saturated heterocycles. The summed E-state index contributed by atoms with van der Waals surface area (Å²) in [5, 5.41) is 0. The van der Waals surface area contributed by atoms with Gasteiger partial charge in [0, 0.05) is 0 Å². The topological polar surface area (TPSA) is 17.8 Å². The molecule has 0 fully saturated rings. The second-order valence-corrected chi connectivity index (χ2v) is 3.40. The zero-order valence-corrected chi connectivity index (χ0v) is 8.64. The molecule has 0 radical (unpaired) electrons. The molecule has 1 aromatic carbocycles. The third-order valence-corrected chi connectivity index (χ3v) is 2.46. The molecule has 0 bridgehead atoms. The monoisotopic (exact) mass is 230 g/mol. The van der Waals surface area contributed by atoms with Crippen LogP contribution in [0.2, 0.25) is 0 Å². The molecule has 0 N–H and O–H groups in total. The summed E-state index contributed by atoms with van der Waals surface area (Å²) < 4.78 is 26.9. The van der Waals surface area contributed by atoms with Crippen molar-refractivity contribution in [3.8, 4) is 0 Å². The van der Waals surface area contributed by atoms with Crippen molar-refractivity contribution in [2.45, 2.75) is 12.4 Å². The lowest BCUT2D eigenvalue weighted by atomic mass is 10.3. The minimum absolute atomic E-state index is 0.155. The molecule has 1 heterocycles. The molecule has 2 rings (SSSR count). The normalized spacial score (nSPS) is 11.1. The number of hydrogen-bond acceptors (Lipinski definition) is 1. The summed E-state index contributed by atoms with van der Waals surface area (Å²) >= 11 is 5.68. The van der Waals surface area contributed by atoms with Gasteiger partial charge in [-0.25, -0.2) is 13.8 Å². The summed E-state index contributed by atoms with van der Waals surface area (Å²) in [6, 6.07) is 4.23. The maximum atomic E-state index is 13.0. The van der Waals surface area contributed by atoms with Crippen molar-refractivity contribution >= 4 is 22.6 Å². The minimum Gasteiger partial charge on any atom is -0.324 e. The predicted molar refractivity (Wildman–Crippen MR) is 55.2 cm³/mol. The van der Waals surface area contributed by atoms with Crippen LogP contribution in [0.15, 0.2) is 18.2 Å². The molecule has 15 heavy (non-hydrogen) atoms. The number of halogens is 3. The number of benzene rings is 1. The molecule has 1 aromatic heterocycles. The summed E-state index contributed by atoms with van der Waals surface area (Å²) in [5.41, 5.74) is 1.23. The molecule has 0 atom stereocenters. The Labute approximate surface area is 90.5 Å². The van der Waals surface area contributed by atoms with E-state index in [1.807, 2.05) is 0 Å². The van der Waals surface area contributed by atoms with Gasteiger partial charge in [-0.1, -0.05) is 0 Å². The maximum absolute atomic E-state index is 13.0. The van der Waals surface area contributed by atoms with Crippen LogP contribution in [0.1, 0.15) is 5.82 Å². The molecule has 0 saturated carbocycles. The summed E-state index contributed by atoms with van der Waals surface area (Å²) in [4.78, 5) is 4.19. The first kappa shape index (κ1) is 10.4. The molecular weight excluding hydrogens is 222 g/mol. The van der Waals surface area contributed by atoms with Gasteiger partial charge in [0.05, 0.1) is 23.5 Å². The van der Waals surface area contributed by atoms with Gasteiger partial charge in [-0.15, -0.1) is 11.6 Å². The van der Waals surface area contributed by atoms with Gasteiger partial charge < -0.3 is 4.57 Å². The molecule has 0 aliphatic rings. The lowest BCUT2D eigenvalue weighted by molar-refractivity contribution is 0.445. The Bertz CT molecular complexity index is 481. The average molecular weight is 231 g/mol. The van der Waals surface area contributed by atoms with Crippen molar-refractivity contribution in [1.29, 1.82) is 0 Å². The molecule has 0 aliphatic carbocycles. The van der Waals surface area contributed by atoms with Crippen LogP contribution in [0, 0.1) is 5.82 Å². The summed E-state index contributed by atoms with van der Waals surface area (Å²) in [6.45, 7) is -0.367. The van der Waals surface area contributed by atoms with Gasteiger partial charge in [-0.3, -0.25) is 0 Å². The van der Waals surface area contributed by atoms with Crippen LogP contribution in [0.25, 0.3) is 11.0 Å². The Morgan fingerprint density at radius 2 is 2.20 bits per heavy atom. The van der Waals surface area contributed by atoms with Crippen LogP contribution in [0.5, 0.6) is 0 Å². The first-order valence-electron chi connectivity index (χ1n) is 4.53. The lowest BCUT2D eigenvalue weighted by Gasteiger charge is -2.03. The first-order chi connectivity index (χ1) is 7.26. The highest BCUT2D eigenvalue weighted by molar-refractivity contribution is 6.16. The SMILES string of the molecule is FCCn1c(CCl)nc2ccc(F)cc21. The van der Waals surface area contributed by atoms with Gasteiger partial charge in [-0.05, 0) is 18.2 Å². The number of fused-ring (bicyclic) bond motifs is 1. The van der Waals surface area contributed by atoms with Gasteiger partial charge >= 0.3 is 0 Å². The third-order valence-electron chi connectivity index (χ3n) is 2.22. The lowest BCUT2D eigenvalue weighted by Crippen LogP contribution is -2.03. The number of imidazole rings is 1. The van der Waals surface area contributed by atoms with Crippen LogP contribution in [0.3, 0.4) is 0 Å². The highest BCUT2D eigenvalue weighted by Gasteiger charge is 2.09. The summed E-state index contributed by atoms with van der Waals surface area (Å²) in [5.74, 6) is 0.398. The van der Waals surface area contributed by atoms with Crippen molar-refractivity contribution in [3.63, 3.8) is 0 Å². The quantitative estimate of drug-likeness (QED) is 0.742. The smallest absolute Gasteiger partial charge is 0.125 e. The van der Waals surface area contributed by atoms with E-state index in [1.165, 1.54) is 12.1 Å². The number of alkyl halides is 2. The van der Waals surface area contributed by atoms with Gasteiger partial charge in [0.25, 0.3) is 0 Å². The standard InChI is InChI=1S/C10H9ClF2N2/c11-6-10-14-8-2-1-7(13)5-9(8)15(10)4-3-12/h1-2,5H,3-4,6H2. The summed E-state index contributed by atoms with van der Waals surface area (Å²) in [7, 11) is 0. The van der Waals surface area contributed by atoms with E-state index in [1.54, 1.807) is 10.6 Å². The number of hydrogen-bond donors (Lipinski definition) is 0. The molecule has 5 heteroatoms. The van der Waals surface area contributed by atoms with Gasteiger partial charge in [0.2, 0.25) is 0 Å². The van der Waals surface area contributed by atoms with E-state index in [0.717, 1.165) is 0 Å². The van der Waals surface area contributed by atoms with Gasteiger partial charge in [0.15, 0.2) is 0 Å². The van der Waals surface area contributed by atoms with Gasteiger partial charge in [0.1, 0.15) is 18.3 Å². The Balaban J connectivity index is 2.65. The molecule has 0 unspecified atom stereocenters. The predicted octanol–water partition coefficient (Wildman–Crippen LogP) is 2.88. The average Bonchev–Trinajstić information content (AvgIpc) is 2.57. The van der Waals surface area contributed by atoms with E-state index in [0.29, 0.717) is 16.9 Å². The zero-order valence-electron chi connectivity index (χ0n) is 7.88. The largest absolute Gasteiger partial charge is 0.324 e. The first-order valence-corrected chi connectivity index (χ1v) is 5.06.